The van der Waals surface area contributed by atoms with Gasteiger partial charge in [-0.3, -0.25) is 9.21 Å². The smallest absolute Gasteiger partial charge is 0.232 e. The number of benzene rings is 3. The van der Waals surface area contributed by atoms with Crippen LogP contribution in [0.15, 0.2) is 78.9 Å². The maximum absolute atomic E-state index is 13.7. The van der Waals surface area contributed by atoms with Gasteiger partial charge in [0.05, 0.1) is 24.0 Å². The van der Waals surface area contributed by atoms with Gasteiger partial charge in [0.25, 0.3) is 0 Å². The summed E-state index contributed by atoms with van der Waals surface area (Å²) in [5.41, 5.74) is 2.21. The van der Waals surface area contributed by atoms with Crippen LogP contribution < -0.4 is 4.31 Å². The summed E-state index contributed by atoms with van der Waals surface area (Å²) in [5, 5.41) is 0. The maximum atomic E-state index is 13.7. The van der Waals surface area contributed by atoms with E-state index in [0.717, 1.165) is 39.9 Å². The van der Waals surface area contributed by atoms with Crippen LogP contribution in [0.25, 0.3) is 0 Å². The summed E-state index contributed by atoms with van der Waals surface area (Å²) < 4.78 is 53.5. The van der Waals surface area contributed by atoms with Gasteiger partial charge in [-0.1, -0.05) is 60.7 Å². The number of anilines is 1. The van der Waals surface area contributed by atoms with Crippen LogP contribution >= 0.6 is 0 Å². The van der Waals surface area contributed by atoms with Crippen molar-refractivity contribution in [1.82, 2.24) is 4.90 Å². The molecule has 1 aliphatic heterocycles. The normalized spacial score (nSPS) is 15.2. The van der Waals surface area contributed by atoms with Crippen molar-refractivity contribution >= 4 is 15.7 Å². The van der Waals surface area contributed by atoms with Gasteiger partial charge in [0.1, 0.15) is 11.6 Å². The maximum Gasteiger partial charge on any atom is 0.232 e. The van der Waals surface area contributed by atoms with E-state index in [1.54, 1.807) is 0 Å². The van der Waals surface area contributed by atoms with Gasteiger partial charge < -0.3 is 0 Å². The minimum atomic E-state index is -3.72. The molecule has 0 aromatic heterocycles. The highest BCUT2D eigenvalue weighted by molar-refractivity contribution is 7.92. The molecule has 30 heavy (non-hydrogen) atoms. The predicted molar refractivity (Wildman–Crippen MR) is 114 cm³/mol. The fourth-order valence-corrected chi connectivity index (χ4v) is 5.23. The number of likely N-dealkylation sites (tertiary alicyclic amines) is 1. The van der Waals surface area contributed by atoms with Gasteiger partial charge in [0, 0.05) is 19.2 Å². The average molecular weight is 429 g/mol. The molecule has 0 N–H and O–H groups in total. The molecule has 0 bridgehead atoms. The standard InChI is InChI=1S/C23H22F2N2O2S/c1-30(28,29)27(21-13-19(24)12-20(25)14-21)22-15-26(16-22)23(17-8-4-2-5-9-17)18-10-6-3-7-11-18/h2-14,22-23H,15-16H2,1H3. The Kier molecular flexibility index (Phi) is 5.58. The van der Waals surface area contributed by atoms with Crippen molar-refractivity contribution in [1.29, 1.82) is 0 Å². The first kappa shape index (κ1) is 20.5. The highest BCUT2D eigenvalue weighted by Crippen LogP contribution is 2.36. The van der Waals surface area contributed by atoms with E-state index in [2.05, 4.69) is 4.90 Å². The zero-order valence-corrected chi connectivity index (χ0v) is 17.3. The molecule has 0 aliphatic carbocycles. The molecule has 0 unspecified atom stereocenters. The molecule has 4 rings (SSSR count). The molecular formula is C23H22F2N2O2S. The van der Waals surface area contributed by atoms with Crippen LogP contribution in [-0.2, 0) is 10.0 Å². The summed E-state index contributed by atoms with van der Waals surface area (Å²) in [6.45, 7) is 0.888. The average Bonchev–Trinajstić information content (AvgIpc) is 2.66. The zero-order valence-electron chi connectivity index (χ0n) is 16.4. The minimum absolute atomic E-state index is 0.00984. The quantitative estimate of drug-likeness (QED) is 0.591. The molecule has 1 fully saturated rings. The topological polar surface area (TPSA) is 40.6 Å². The second-order valence-electron chi connectivity index (χ2n) is 7.52. The number of sulfonamides is 1. The van der Waals surface area contributed by atoms with Crippen LogP contribution in [0.3, 0.4) is 0 Å². The number of nitrogens with zero attached hydrogens (tertiary/aromatic N) is 2. The van der Waals surface area contributed by atoms with Crippen molar-refractivity contribution in [2.75, 3.05) is 23.7 Å². The van der Waals surface area contributed by atoms with Crippen LogP contribution in [0.1, 0.15) is 17.2 Å². The van der Waals surface area contributed by atoms with E-state index < -0.39 is 27.7 Å². The van der Waals surface area contributed by atoms with Crippen LogP contribution in [0.4, 0.5) is 14.5 Å². The highest BCUT2D eigenvalue weighted by Gasteiger charge is 2.40. The fraction of sp³-hybridized carbons (Fsp3) is 0.217. The van der Waals surface area contributed by atoms with E-state index in [9.17, 15) is 17.2 Å². The number of hydrogen-bond donors (Lipinski definition) is 0. The minimum Gasteiger partial charge on any atom is -0.288 e. The van der Waals surface area contributed by atoms with E-state index in [4.69, 9.17) is 0 Å². The fourth-order valence-electron chi connectivity index (χ4n) is 4.07. The van der Waals surface area contributed by atoms with E-state index in [0.29, 0.717) is 13.1 Å². The summed E-state index contributed by atoms with van der Waals surface area (Å²) in [4.78, 5) is 2.17. The Hall–Kier alpha value is -2.77. The first-order valence-corrected chi connectivity index (χ1v) is 11.5. The molecule has 7 heteroatoms. The first-order valence-electron chi connectivity index (χ1n) is 9.62. The van der Waals surface area contributed by atoms with Crippen molar-refractivity contribution in [2.45, 2.75) is 12.1 Å². The third kappa shape index (κ3) is 4.22. The van der Waals surface area contributed by atoms with Crippen LogP contribution in [-0.4, -0.2) is 38.7 Å². The molecule has 0 radical (unpaired) electrons. The summed E-state index contributed by atoms with van der Waals surface area (Å²) in [5.74, 6) is -1.61. The van der Waals surface area contributed by atoms with Gasteiger partial charge in [-0.2, -0.15) is 0 Å². The van der Waals surface area contributed by atoms with Crippen LogP contribution in [0, 0.1) is 11.6 Å². The summed E-state index contributed by atoms with van der Waals surface area (Å²) in [6, 6.07) is 22.4. The lowest BCUT2D eigenvalue weighted by molar-refractivity contribution is 0.116. The summed E-state index contributed by atoms with van der Waals surface area (Å²) in [6.07, 6.45) is 1.06. The lowest BCUT2D eigenvalue weighted by Gasteiger charge is -2.48. The van der Waals surface area contributed by atoms with Gasteiger partial charge in [0.2, 0.25) is 10.0 Å². The molecule has 0 spiro atoms. The second-order valence-corrected chi connectivity index (χ2v) is 9.38. The third-order valence-electron chi connectivity index (χ3n) is 5.28. The largest absolute Gasteiger partial charge is 0.288 e. The lowest BCUT2D eigenvalue weighted by Crippen LogP contribution is -2.61. The zero-order chi connectivity index (χ0) is 21.3. The predicted octanol–water partition coefficient (Wildman–Crippen LogP) is 4.20. The highest BCUT2D eigenvalue weighted by atomic mass is 32.2. The number of rotatable bonds is 6. The van der Waals surface area contributed by atoms with E-state index >= 15 is 0 Å². The monoisotopic (exact) mass is 428 g/mol. The molecule has 0 atom stereocenters. The molecular weight excluding hydrogens is 406 g/mol. The molecule has 4 nitrogen and oxygen atoms in total. The van der Waals surface area contributed by atoms with Crippen LogP contribution in [0.2, 0.25) is 0 Å². The number of halogens is 2. The van der Waals surface area contributed by atoms with Gasteiger partial charge in [0.15, 0.2) is 0 Å². The Bertz CT molecular complexity index is 1060. The van der Waals surface area contributed by atoms with Crippen molar-refractivity contribution in [3.8, 4) is 0 Å². The lowest BCUT2D eigenvalue weighted by atomic mass is 9.93. The van der Waals surface area contributed by atoms with Crippen molar-refractivity contribution in [2.24, 2.45) is 0 Å². The Balaban J connectivity index is 1.63. The van der Waals surface area contributed by atoms with Crippen molar-refractivity contribution < 1.29 is 17.2 Å². The van der Waals surface area contributed by atoms with Crippen molar-refractivity contribution in [3.05, 3.63) is 102 Å². The SMILES string of the molecule is CS(=O)(=O)N(c1cc(F)cc(F)c1)C1CN(C(c2ccccc2)c2ccccc2)C1. The molecule has 1 aliphatic rings. The molecule has 1 heterocycles. The van der Waals surface area contributed by atoms with Crippen LogP contribution in [0.5, 0.6) is 0 Å². The van der Waals surface area contributed by atoms with Gasteiger partial charge >= 0.3 is 0 Å². The molecule has 3 aromatic carbocycles. The van der Waals surface area contributed by atoms with Gasteiger partial charge in [-0.15, -0.1) is 0 Å². The summed E-state index contributed by atoms with van der Waals surface area (Å²) in [7, 11) is -3.72. The van der Waals surface area contributed by atoms with E-state index in [1.165, 1.54) is 0 Å². The Labute approximate surface area is 175 Å². The second kappa shape index (κ2) is 8.16. The van der Waals surface area contributed by atoms with Gasteiger partial charge in [-0.05, 0) is 23.3 Å². The molecule has 156 valence electrons. The molecule has 3 aromatic rings. The Morgan fingerprint density at radius 1 is 0.867 bits per heavy atom. The Morgan fingerprint density at radius 2 is 1.33 bits per heavy atom. The first-order chi connectivity index (χ1) is 14.3. The van der Waals surface area contributed by atoms with E-state index in [-0.39, 0.29) is 11.7 Å². The van der Waals surface area contributed by atoms with E-state index in [1.807, 2.05) is 60.7 Å². The molecule has 0 amide bonds. The molecule has 1 saturated heterocycles. The summed E-state index contributed by atoms with van der Waals surface area (Å²) >= 11 is 0. The van der Waals surface area contributed by atoms with Gasteiger partial charge in [-0.25, -0.2) is 17.2 Å². The third-order valence-corrected chi connectivity index (χ3v) is 6.50. The molecule has 0 saturated carbocycles. The Morgan fingerprint density at radius 3 is 1.77 bits per heavy atom. The number of hydrogen-bond acceptors (Lipinski definition) is 3. The van der Waals surface area contributed by atoms with Crippen molar-refractivity contribution in [3.63, 3.8) is 0 Å².